The molecule has 0 bridgehead atoms. The SMILES string of the molecule is Cc1ccc(Cn2nc(C)c3cc(C(=O)NC(C)c4ccc(S(C)(=O)=O)cc4)sc32)cc1. The number of hydrogen-bond donors (Lipinski definition) is 1. The molecule has 0 spiro atoms. The molecule has 2 aromatic heterocycles. The van der Waals surface area contributed by atoms with Crippen LogP contribution in [0.1, 0.15) is 45.0 Å². The second kappa shape index (κ2) is 8.52. The Morgan fingerprint density at radius 2 is 1.75 bits per heavy atom. The Hall–Kier alpha value is -2.97. The highest BCUT2D eigenvalue weighted by molar-refractivity contribution is 7.90. The van der Waals surface area contributed by atoms with Gasteiger partial charge in [0, 0.05) is 11.6 Å². The smallest absolute Gasteiger partial charge is 0.261 e. The van der Waals surface area contributed by atoms with Crippen LogP contribution in [0, 0.1) is 13.8 Å². The normalized spacial score (nSPS) is 12.8. The van der Waals surface area contributed by atoms with Crippen LogP contribution in [-0.2, 0) is 16.4 Å². The maximum Gasteiger partial charge on any atom is 0.261 e. The molecule has 6 nitrogen and oxygen atoms in total. The molecule has 0 aliphatic carbocycles. The number of nitrogens with zero attached hydrogens (tertiary/aromatic N) is 2. The van der Waals surface area contributed by atoms with Crippen molar-refractivity contribution in [3.63, 3.8) is 0 Å². The molecule has 0 saturated carbocycles. The zero-order chi connectivity index (χ0) is 23.0. The number of hydrogen-bond acceptors (Lipinski definition) is 5. The lowest BCUT2D eigenvalue weighted by molar-refractivity contribution is 0.0944. The minimum absolute atomic E-state index is 0.160. The zero-order valence-corrected chi connectivity index (χ0v) is 20.0. The maximum absolute atomic E-state index is 12.9. The third-order valence-electron chi connectivity index (χ3n) is 5.44. The number of rotatable bonds is 6. The van der Waals surface area contributed by atoms with Gasteiger partial charge in [-0.3, -0.25) is 9.48 Å². The Morgan fingerprint density at radius 3 is 2.38 bits per heavy atom. The van der Waals surface area contributed by atoms with Gasteiger partial charge in [-0.25, -0.2) is 8.42 Å². The predicted octanol–water partition coefficient (Wildman–Crippen LogP) is 4.66. The van der Waals surface area contributed by atoms with E-state index in [0.717, 1.165) is 27.0 Å². The van der Waals surface area contributed by atoms with Gasteiger partial charge in [-0.2, -0.15) is 5.10 Å². The predicted molar refractivity (Wildman–Crippen MR) is 128 cm³/mol. The highest BCUT2D eigenvalue weighted by atomic mass is 32.2. The zero-order valence-electron chi connectivity index (χ0n) is 18.4. The van der Waals surface area contributed by atoms with Gasteiger partial charge in [-0.05, 0) is 50.1 Å². The van der Waals surface area contributed by atoms with Crippen LogP contribution in [0.2, 0.25) is 0 Å². The van der Waals surface area contributed by atoms with Gasteiger partial charge in [-0.15, -0.1) is 11.3 Å². The molecule has 0 saturated heterocycles. The van der Waals surface area contributed by atoms with Crippen molar-refractivity contribution in [2.24, 2.45) is 0 Å². The van der Waals surface area contributed by atoms with Crippen LogP contribution in [0.4, 0.5) is 0 Å². The highest BCUT2D eigenvalue weighted by Gasteiger charge is 2.19. The summed E-state index contributed by atoms with van der Waals surface area (Å²) in [5, 5.41) is 8.64. The highest BCUT2D eigenvalue weighted by Crippen LogP contribution is 2.29. The molecule has 0 radical (unpaired) electrons. The molecule has 2 aromatic carbocycles. The van der Waals surface area contributed by atoms with E-state index in [4.69, 9.17) is 0 Å². The molecule has 4 rings (SSSR count). The van der Waals surface area contributed by atoms with E-state index in [9.17, 15) is 13.2 Å². The molecule has 1 amide bonds. The lowest BCUT2D eigenvalue weighted by atomic mass is 10.1. The Kier molecular flexibility index (Phi) is 5.92. The van der Waals surface area contributed by atoms with Gasteiger partial charge in [0.1, 0.15) is 4.83 Å². The number of carbonyl (C=O) groups excluding carboxylic acids is 1. The molecular formula is C24H25N3O3S2. The summed E-state index contributed by atoms with van der Waals surface area (Å²) in [7, 11) is -3.25. The number of thiophene rings is 1. The van der Waals surface area contributed by atoms with Crippen molar-refractivity contribution in [3.05, 3.63) is 81.9 Å². The van der Waals surface area contributed by atoms with Gasteiger partial charge in [0.25, 0.3) is 5.91 Å². The van der Waals surface area contributed by atoms with Crippen LogP contribution >= 0.6 is 11.3 Å². The van der Waals surface area contributed by atoms with Crippen molar-refractivity contribution in [2.45, 2.75) is 38.3 Å². The molecule has 1 atom stereocenters. The van der Waals surface area contributed by atoms with Crippen LogP contribution < -0.4 is 5.32 Å². The fourth-order valence-corrected chi connectivity index (χ4v) is 5.25. The fourth-order valence-electron chi connectivity index (χ4n) is 3.55. The molecule has 0 fully saturated rings. The van der Waals surface area contributed by atoms with Crippen molar-refractivity contribution in [1.29, 1.82) is 0 Å². The van der Waals surface area contributed by atoms with Crippen molar-refractivity contribution in [3.8, 4) is 0 Å². The largest absolute Gasteiger partial charge is 0.345 e. The number of fused-ring (bicyclic) bond motifs is 1. The quantitative estimate of drug-likeness (QED) is 0.447. The first-order valence-electron chi connectivity index (χ1n) is 10.2. The van der Waals surface area contributed by atoms with Crippen molar-refractivity contribution >= 4 is 37.3 Å². The van der Waals surface area contributed by atoms with Crippen LogP contribution in [0.5, 0.6) is 0 Å². The van der Waals surface area contributed by atoms with Crippen molar-refractivity contribution in [1.82, 2.24) is 15.1 Å². The van der Waals surface area contributed by atoms with Crippen molar-refractivity contribution < 1.29 is 13.2 Å². The molecule has 166 valence electrons. The fraction of sp³-hybridized carbons (Fsp3) is 0.250. The van der Waals surface area contributed by atoms with Gasteiger partial charge in [0.05, 0.1) is 28.1 Å². The average molecular weight is 468 g/mol. The summed E-state index contributed by atoms with van der Waals surface area (Å²) >= 11 is 1.43. The summed E-state index contributed by atoms with van der Waals surface area (Å²) in [6.07, 6.45) is 1.18. The summed E-state index contributed by atoms with van der Waals surface area (Å²) in [4.78, 5) is 14.8. The van der Waals surface area contributed by atoms with Crippen LogP contribution in [0.15, 0.2) is 59.5 Å². The van der Waals surface area contributed by atoms with E-state index >= 15 is 0 Å². The number of aryl methyl sites for hydroxylation is 2. The minimum atomic E-state index is -3.25. The van der Waals surface area contributed by atoms with Gasteiger partial charge >= 0.3 is 0 Å². The lowest BCUT2D eigenvalue weighted by Crippen LogP contribution is -2.25. The molecule has 32 heavy (non-hydrogen) atoms. The first kappa shape index (κ1) is 22.2. The number of amides is 1. The lowest BCUT2D eigenvalue weighted by Gasteiger charge is -2.14. The van der Waals surface area contributed by atoms with Crippen LogP contribution in [0.3, 0.4) is 0 Å². The molecule has 1 unspecified atom stereocenters. The molecule has 0 aliphatic heterocycles. The third kappa shape index (κ3) is 4.61. The standard InChI is InChI=1S/C24H25N3O3S2/c1-15-5-7-18(8-6-15)14-27-24-21(17(3)26-27)13-22(31-24)23(28)25-16(2)19-9-11-20(12-10-19)32(4,29)30/h5-13,16H,14H2,1-4H3,(H,25,28). The topological polar surface area (TPSA) is 81.1 Å². The maximum atomic E-state index is 12.9. The van der Waals surface area contributed by atoms with E-state index in [1.54, 1.807) is 24.3 Å². The van der Waals surface area contributed by atoms with Crippen molar-refractivity contribution in [2.75, 3.05) is 6.26 Å². The van der Waals surface area contributed by atoms with Gasteiger partial charge in [0.2, 0.25) is 0 Å². The average Bonchev–Trinajstić information content (AvgIpc) is 3.30. The van der Waals surface area contributed by atoms with E-state index in [1.165, 1.54) is 23.2 Å². The Balaban J connectivity index is 1.53. The van der Waals surface area contributed by atoms with E-state index < -0.39 is 9.84 Å². The number of aromatic nitrogens is 2. The summed E-state index contributed by atoms with van der Waals surface area (Å²) in [6.45, 7) is 6.54. The van der Waals surface area contributed by atoms with Gasteiger partial charge < -0.3 is 5.32 Å². The van der Waals surface area contributed by atoms with E-state index in [0.29, 0.717) is 11.4 Å². The minimum Gasteiger partial charge on any atom is -0.345 e. The summed E-state index contributed by atoms with van der Waals surface area (Å²) in [5.41, 5.74) is 4.11. The van der Waals surface area contributed by atoms with Gasteiger partial charge in [-0.1, -0.05) is 42.0 Å². The monoisotopic (exact) mass is 467 g/mol. The third-order valence-corrected chi connectivity index (χ3v) is 7.72. The van der Waals surface area contributed by atoms with Gasteiger partial charge in [0.15, 0.2) is 9.84 Å². The first-order valence-corrected chi connectivity index (χ1v) is 13.0. The number of sulfone groups is 1. The second-order valence-corrected chi connectivity index (χ2v) is 11.1. The Labute approximate surface area is 191 Å². The molecule has 8 heteroatoms. The summed E-state index contributed by atoms with van der Waals surface area (Å²) in [5.74, 6) is -0.160. The second-order valence-electron chi connectivity index (χ2n) is 8.09. The molecule has 0 aliphatic rings. The molecule has 2 heterocycles. The van der Waals surface area contributed by atoms with E-state index in [2.05, 4.69) is 41.6 Å². The molecule has 4 aromatic rings. The Bertz CT molecular complexity index is 1380. The Morgan fingerprint density at radius 1 is 1.09 bits per heavy atom. The van der Waals surface area contributed by atoms with Crippen LogP contribution in [-0.4, -0.2) is 30.4 Å². The molecule has 1 N–H and O–H groups in total. The number of benzene rings is 2. The van der Waals surface area contributed by atoms with E-state index in [-0.39, 0.29) is 16.8 Å². The van der Waals surface area contributed by atoms with Crippen LogP contribution in [0.25, 0.3) is 10.2 Å². The molecular weight excluding hydrogens is 442 g/mol. The van der Waals surface area contributed by atoms with E-state index in [1.807, 2.05) is 24.6 Å². The summed E-state index contributed by atoms with van der Waals surface area (Å²) in [6, 6.07) is 16.6. The summed E-state index contributed by atoms with van der Waals surface area (Å²) < 4.78 is 25.2. The number of nitrogens with one attached hydrogen (secondary N) is 1. The number of carbonyl (C=O) groups is 1. The first-order chi connectivity index (χ1) is 15.1.